The summed E-state index contributed by atoms with van der Waals surface area (Å²) in [7, 11) is 3.15. The van der Waals surface area contributed by atoms with E-state index in [1.165, 1.54) is 0 Å². The van der Waals surface area contributed by atoms with Gasteiger partial charge in [-0.3, -0.25) is 9.69 Å². The third kappa shape index (κ3) is 4.43. The first-order valence-electron chi connectivity index (χ1n) is 10.6. The largest absolute Gasteiger partial charge is 0.493 e. The Morgan fingerprint density at radius 2 is 1.84 bits per heavy atom. The van der Waals surface area contributed by atoms with Crippen molar-refractivity contribution in [3.05, 3.63) is 77.7 Å². The Kier molecular flexibility index (Phi) is 6.66. The molecule has 2 atom stereocenters. The van der Waals surface area contributed by atoms with E-state index in [0.717, 1.165) is 17.5 Å². The van der Waals surface area contributed by atoms with Crippen LogP contribution in [0.4, 0.5) is 0 Å². The molecule has 168 valence electrons. The minimum absolute atomic E-state index is 0.363. The minimum Gasteiger partial charge on any atom is -0.493 e. The van der Waals surface area contributed by atoms with Crippen molar-refractivity contribution in [2.75, 3.05) is 20.8 Å². The molecule has 1 fully saturated rings. The van der Waals surface area contributed by atoms with Gasteiger partial charge >= 0.3 is 5.97 Å². The van der Waals surface area contributed by atoms with E-state index in [2.05, 4.69) is 0 Å². The number of benzene rings is 2. The Morgan fingerprint density at radius 3 is 2.44 bits per heavy atom. The summed E-state index contributed by atoms with van der Waals surface area (Å²) < 4.78 is 23.1. The van der Waals surface area contributed by atoms with Crippen LogP contribution in [0.25, 0.3) is 0 Å². The van der Waals surface area contributed by atoms with Crippen LogP contribution < -0.4 is 14.2 Å². The van der Waals surface area contributed by atoms with Crippen LogP contribution in [0.1, 0.15) is 35.8 Å². The van der Waals surface area contributed by atoms with Crippen LogP contribution in [-0.4, -0.2) is 42.8 Å². The summed E-state index contributed by atoms with van der Waals surface area (Å²) in [5.41, 5.74) is 1.84. The topological polar surface area (TPSA) is 81.4 Å². The van der Waals surface area contributed by atoms with Crippen LogP contribution in [0.2, 0.25) is 0 Å². The molecule has 32 heavy (non-hydrogen) atoms. The van der Waals surface area contributed by atoms with Gasteiger partial charge in [0.15, 0.2) is 11.5 Å². The second kappa shape index (κ2) is 9.78. The highest BCUT2D eigenvalue weighted by molar-refractivity contribution is 5.74. The number of ether oxygens (including phenoxy) is 3. The fourth-order valence-corrected chi connectivity index (χ4v) is 4.26. The zero-order valence-electron chi connectivity index (χ0n) is 18.2. The second-order valence-electron chi connectivity index (χ2n) is 7.68. The van der Waals surface area contributed by atoms with E-state index < -0.39 is 12.0 Å². The molecule has 3 aromatic rings. The number of hydrogen-bond donors (Lipinski definition) is 1. The molecular weight excluding hydrogens is 410 g/mol. The van der Waals surface area contributed by atoms with Gasteiger partial charge in [-0.15, -0.1) is 0 Å². The van der Waals surface area contributed by atoms with Gasteiger partial charge in [-0.05, 0) is 48.2 Å². The van der Waals surface area contributed by atoms with Crippen molar-refractivity contribution in [3.8, 4) is 17.2 Å². The lowest BCUT2D eigenvalue weighted by Crippen LogP contribution is -2.39. The molecule has 0 bridgehead atoms. The molecule has 1 N–H and O–H groups in total. The maximum Gasteiger partial charge on any atom is 0.320 e. The number of carboxylic acid groups (broad SMARTS) is 1. The fourth-order valence-electron chi connectivity index (χ4n) is 4.26. The number of nitrogens with zero attached hydrogens (tertiary/aromatic N) is 1. The number of furan rings is 1. The first-order valence-corrected chi connectivity index (χ1v) is 10.6. The molecule has 0 saturated carbocycles. The summed E-state index contributed by atoms with van der Waals surface area (Å²) in [5, 5.41) is 9.76. The van der Waals surface area contributed by atoms with Gasteiger partial charge in [0.25, 0.3) is 0 Å². The molecule has 1 aliphatic rings. The molecule has 1 aromatic heterocycles. The lowest BCUT2D eigenvalue weighted by atomic mass is 10.00. The van der Waals surface area contributed by atoms with Gasteiger partial charge in [0.2, 0.25) is 5.75 Å². The molecule has 0 radical (unpaired) electrons. The first kappa shape index (κ1) is 21.8. The molecule has 1 saturated heterocycles. The Balaban J connectivity index is 1.73. The third-order valence-corrected chi connectivity index (χ3v) is 5.75. The highest BCUT2D eigenvalue weighted by Gasteiger charge is 2.38. The molecule has 1 aliphatic heterocycles. The lowest BCUT2D eigenvalue weighted by Gasteiger charge is -2.30. The highest BCUT2D eigenvalue weighted by Crippen LogP contribution is 2.44. The van der Waals surface area contributed by atoms with Crippen LogP contribution in [0.5, 0.6) is 17.2 Å². The van der Waals surface area contributed by atoms with Gasteiger partial charge in [0.1, 0.15) is 18.4 Å². The van der Waals surface area contributed by atoms with Crippen molar-refractivity contribution in [2.45, 2.75) is 31.5 Å². The molecule has 4 rings (SSSR count). The number of methoxy groups -OCH3 is 2. The maximum atomic E-state index is 11.9. The van der Waals surface area contributed by atoms with Crippen LogP contribution in [-0.2, 0) is 11.4 Å². The molecule has 0 spiro atoms. The minimum atomic E-state index is -0.833. The van der Waals surface area contributed by atoms with E-state index in [1.807, 2.05) is 53.4 Å². The Labute approximate surface area is 187 Å². The summed E-state index contributed by atoms with van der Waals surface area (Å²) >= 11 is 0. The van der Waals surface area contributed by atoms with E-state index in [-0.39, 0.29) is 6.04 Å². The SMILES string of the molecule is COc1cc(C(c2ccco2)N2CCCC2C(=O)O)cc(OC)c1OCc1ccccc1. The van der Waals surface area contributed by atoms with Crippen LogP contribution in [0, 0.1) is 0 Å². The number of carbonyl (C=O) groups is 1. The monoisotopic (exact) mass is 437 g/mol. The van der Waals surface area contributed by atoms with E-state index >= 15 is 0 Å². The Bertz CT molecular complexity index is 1010. The van der Waals surface area contributed by atoms with Gasteiger partial charge in [-0.2, -0.15) is 0 Å². The number of carboxylic acids is 1. The van der Waals surface area contributed by atoms with E-state index in [4.69, 9.17) is 18.6 Å². The summed E-state index contributed by atoms with van der Waals surface area (Å²) in [6.45, 7) is 1.01. The van der Waals surface area contributed by atoms with Gasteiger partial charge in [-0.1, -0.05) is 30.3 Å². The van der Waals surface area contributed by atoms with E-state index in [0.29, 0.717) is 42.6 Å². The van der Waals surface area contributed by atoms with Crippen LogP contribution in [0.3, 0.4) is 0 Å². The average molecular weight is 437 g/mol. The average Bonchev–Trinajstić information content (AvgIpc) is 3.51. The number of likely N-dealkylation sites (tertiary alicyclic amines) is 1. The fraction of sp³-hybridized carbons (Fsp3) is 0.320. The highest BCUT2D eigenvalue weighted by atomic mass is 16.5. The molecule has 7 nitrogen and oxygen atoms in total. The van der Waals surface area contributed by atoms with E-state index in [1.54, 1.807) is 26.5 Å². The predicted octanol–water partition coefficient (Wildman–Crippen LogP) is 4.51. The van der Waals surface area contributed by atoms with Crippen molar-refractivity contribution in [3.63, 3.8) is 0 Å². The predicted molar refractivity (Wildman–Crippen MR) is 118 cm³/mol. The van der Waals surface area contributed by atoms with Crippen molar-refractivity contribution >= 4 is 5.97 Å². The van der Waals surface area contributed by atoms with Gasteiger partial charge in [0, 0.05) is 6.54 Å². The number of aliphatic carboxylic acids is 1. The summed E-state index contributed by atoms with van der Waals surface area (Å²) in [6, 6.07) is 16.3. The Hall–Kier alpha value is -3.45. The Morgan fingerprint density at radius 1 is 1.12 bits per heavy atom. The number of hydrogen-bond acceptors (Lipinski definition) is 6. The number of rotatable bonds is 9. The lowest BCUT2D eigenvalue weighted by molar-refractivity contribution is -0.142. The summed E-state index contributed by atoms with van der Waals surface area (Å²) in [6.07, 6.45) is 3.00. The maximum absolute atomic E-state index is 11.9. The summed E-state index contributed by atoms with van der Waals surface area (Å²) in [5.74, 6) is 1.36. The van der Waals surface area contributed by atoms with Crippen LogP contribution in [0.15, 0.2) is 65.3 Å². The van der Waals surface area contributed by atoms with Crippen molar-refractivity contribution in [1.29, 1.82) is 0 Å². The molecule has 0 amide bonds. The third-order valence-electron chi connectivity index (χ3n) is 5.75. The molecular formula is C25H27NO6. The van der Waals surface area contributed by atoms with Gasteiger partial charge in [-0.25, -0.2) is 0 Å². The van der Waals surface area contributed by atoms with Gasteiger partial charge in [0.05, 0.1) is 26.5 Å². The smallest absolute Gasteiger partial charge is 0.320 e. The second-order valence-corrected chi connectivity index (χ2v) is 7.68. The molecule has 0 aliphatic carbocycles. The molecule has 2 unspecified atom stereocenters. The standard InChI is InChI=1S/C25H27NO6/c1-29-21-14-18(15-22(30-2)24(21)32-16-17-8-4-3-5-9-17)23(20-11-7-13-31-20)26-12-6-10-19(26)25(27)28/h3-5,7-9,11,13-15,19,23H,6,10,12,16H2,1-2H3,(H,27,28). The normalized spacial score (nSPS) is 17.1. The zero-order chi connectivity index (χ0) is 22.5. The first-order chi connectivity index (χ1) is 15.6. The summed E-state index contributed by atoms with van der Waals surface area (Å²) in [4.78, 5) is 13.9. The quantitative estimate of drug-likeness (QED) is 0.527. The molecule has 2 aromatic carbocycles. The molecule has 7 heteroatoms. The van der Waals surface area contributed by atoms with E-state index in [9.17, 15) is 9.90 Å². The van der Waals surface area contributed by atoms with Crippen molar-refractivity contribution in [2.24, 2.45) is 0 Å². The zero-order valence-corrected chi connectivity index (χ0v) is 18.2. The molecule has 2 heterocycles. The van der Waals surface area contributed by atoms with Crippen LogP contribution >= 0.6 is 0 Å². The van der Waals surface area contributed by atoms with Crippen molar-refractivity contribution in [1.82, 2.24) is 4.90 Å². The van der Waals surface area contributed by atoms with Gasteiger partial charge < -0.3 is 23.7 Å². The van der Waals surface area contributed by atoms with Crippen molar-refractivity contribution < 1.29 is 28.5 Å².